The minimum atomic E-state index is -0.0789. The summed E-state index contributed by atoms with van der Waals surface area (Å²) in [6.45, 7) is 5.79. The average molecular weight is 315 g/mol. The Morgan fingerprint density at radius 2 is 1.82 bits per heavy atom. The van der Waals surface area contributed by atoms with Crippen LogP contribution in [0.1, 0.15) is 25.8 Å². The third-order valence-corrected chi connectivity index (χ3v) is 4.39. The van der Waals surface area contributed by atoms with Crippen LogP contribution in [-0.4, -0.2) is 11.7 Å². The Labute approximate surface area is 136 Å². The van der Waals surface area contributed by atoms with E-state index in [0.717, 1.165) is 29.4 Å². The van der Waals surface area contributed by atoms with E-state index in [2.05, 4.69) is 31.3 Å². The van der Waals surface area contributed by atoms with Crippen molar-refractivity contribution in [3.05, 3.63) is 48.0 Å². The third kappa shape index (κ3) is 4.81. The van der Waals surface area contributed by atoms with Crippen molar-refractivity contribution >= 4 is 23.4 Å². The van der Waals surface area contributed by atoms with E-state index in [1.165, 1.54) is 17.4 Å². The number of ether oxygens (including phenoxy) is 1. The van der Waals surface area contributed by atoms with Gasteiger partial charge in [-0.15, -0.1) is 11.8 Å². The molecule has 22 heavy (non-hydrogen) atoms. The van der Waals surface area contributed by atoms with E-state index >= 15 is 0 Å². The third-order valence-electron chi connectivity index (χ3n) is 3.03. The lowest BCUT2D eigenvalue weighted by molar-refractivity contribution is -0.114. The lowest BCUT2D eigenvalue weighted by Gasteiger charge is -2.10. The number of rotatable bonds is 6. The standard InChI is InChI=1S/C18H21NO2S/c1-4-11-22-18-12-17(8-5-13(18)2)21-16-9-6-15(7-10-16)19-14(3)20/h5-10,12H,4,11H2,1-3H3,(H,19,20). The lowest BCUT2D eigenvalue weighted by Crippen LogP contribution is -2.05. The lowest BCUT2D eigenvalue weighted by atomic mass is 10.2. The van der Waals surface area contributed by atoms with Crippen molar-refractivity contribution in [1.29, 1.82) is 0 Å². The number of thioether (sulfide) groups is 1. The summed E-state index contributed by atoms with van der Waals surface area (Å²) in [6.07, 6.45) is 1.15. The van der Waals surface area contributed by atoms with Crippen molar-refractivity contribution in [3.8, 4) is 11.5 Å². The Kier molecular flexibility index (Phi) is 5.90. The Morgan fingerprint density at radius 1 is 1.14 bits per heavy atom. The zero-order valence-corrected chi connectivity index (χ0v) is 14.0. The minimum absolute atomic E-state index is 0.0789. The summed E-state index contributed by atoms with van der Waals surface area (Å²) in [5, 5.41) is 2.74. The number of benzene rings is 2. The minimum Gasteiger partial charge on any atom is -0.457 e. The molecule has 3 nitrogen and oxygen atoms in total. The molecule has 1 amide bonds. The van der Waals surface area contributed by atoms with Crippen molar-refractivity contribution in [2.24, 2.45) is 0 Å². The Bertz CT molecular complexity index is 638. The molecule has 0 aliphatic heterocycles. The van der Waals surface area contributed by atoms with Crippen molar-refractivity contribution < 1.29 is 9.53 Å². The van der Waals surface area contributed by atoms with E-state index in [9.17, 15) is 4.79 Å². The van der Waals surface area contributed by atoms with E-state index in [1.807, 2.05) is 42.1 Å². The molecule has 2 aromatic carbocycles. The first-order valence-corrected chi connectivity index (χ1v) is 8.36. The van der Waals surface area contributed by atoms with Gasteiger partial charge in [-0.1, -0.05) is 13.0 Å². The monoisotopic (exact) mass is 315 g/mol. The molecule has 0 spiro atoms. The first-order chi connectivity index (χ1) is 10.6. The molecule has 0 heterocycles. The molecule has 0 radical (unpaired) electrons. The van der Waals surface area contributed by atoms with Crippen LogP contribution in [0.3, 0.4) is 0 Å². The second kappa shape index (κ2) is 7.90. The molecule has 1 N–H and O–H groups in total. The Hall–Kier alpha value is -1.94. The van der Waals surface area contributed by atoms with E-state index in [4.69, 9.17) is 4.74 Å². The fourth-order valence-electron chi connectivity index (χ4n) is 1.96. The van der Waals surface area contributed by atoms with Crippen LogP contribution >= 0.6 is 11.8 Å². The largest absolute Gasteiger partial charge is 0.457 e. The highest BCUT2D eigenvalue weighted by molar-refractivity contribution is 7.99. The maximum Gasteiger partial charge on any atom is 0.221 e. The van der Waals surface area contributed by atoms with Crippen LogP contribution in [0.15, 0.2) is 47.4 Å². The van der Waals surface area contributed by atoms with Crippen molar-refractivity contribution in [1.82, 2.24) is 0 Å². The van der Waals surface area contributed by atoms with E-state index in [1.54, 1.807) is 0 Å². The molecule has 0 atom stereocenters. The van der Waals surface area contributed by atoms with Gasteiger partial charge in [0.25, 0.3) is 0 Å². The molecule has 2 aromatic rings. The molecule has 0 aromatic heterocycles. The molecule has 0 saturated heterocycles. The van der Waals surface area contributed by atoms with Gasteiger partial charge < -0.3 is 10.1 Å². The summed E-state index contributed by atoms with van der Waals surface area (Å²) >= 11 is 1.85. The van der Waals surface area contributed by atoms with Gasteiger partial charge in [-0.2, -0.15) is 0 Å². The maximum absolute atomic E-state index is 11.0. The molecule has 0 fully saturated rings. The SMILES string of the molecule is CCCSc1cc(Oc2ccc(NC(C)=O)cc2)ccc1C. The van der Waals surface area contributed by atoms with Crippen LogP contribution in [0.4, 0.5) is 5.69 Å². The molecule has 116 valence electrons. The summed E-state index contributed by atoms with van der Waals surface area (Å²) < 4.78 is 5.89. The van der Waals surface area contributed by atoms with Gasteiger partial charge in [0, 0.05) is 17.5 Å². The normalized spacial score (nSPS) is 10.3. The van der Waals surface area contributed by atoms with Crippen molar-refractivity contribution in [3.63, 3.8) is 0 Å². The van der Waals surface area contributed by atoms with Crippen LogP contribution in [0, 0.1) is 6.92 Å². The number of carbonyl (C=O) groups is 1. The molecule has 0 aliphatic carbocycles. The predicted molar refractivity (Wildman–Crippen MR) is 93.0 cm³/mol. The van der Waals surface area contributed by atoms with Gasteiger partial charge in [0.2, 0.25) is 5.91 Å². The second-order valence-corrected chi connectivity index (χ2v) is 6.22. The van der Waals surface area contributed by atoms with Gasteiger partial charge in [-0.25, -0.2) is 0 Å². The molecule has 0 saturated carbocycles. The smallest absolute Gasteiger partial charge is 0.221 e. The van der Waals surface area contributed by atoms with E-state index in [0.29, 0.717) is 0 Å². The maximum atomic E-state index is 11.0. The highest BCUT2D eigenvalue weighted by Crippen LogP contribution is 2.30. The number of hydrogen-bond acceptors (Lipinski definition) is 3. The number of aryl methyl sites for hydroxylation is 1. The van der Waals surface area contributed by atoms with Crippen LogP contribution in [0.5, 0.6) is 11.5 Å². The topological polar surface area (TPSA) is 38.3 Å². The van der Waals surface area contributed by atoms with Crippen LogP contribution < -0.4 is 10.1 Å². The Balaban J connectivity index is 2.08. The second-order valence-electron chi connectivity index (χ2n) is 5.08. The van der Waals surface area contributed by atoms with Gasteiger partial charge in [0.15, 0.2) is 0 Å². The summed E-state index contributed by atoms with van der Waals surface area (Å²) in [5.74, 6) is 2.61. The van der Waals surface area contributed by atoms with Gasteiger partial charge >= 0.3 is 0 Å². The van der Waals surface area contributed by atoms with Gasteiger partial charge in [0.1, 0.15) is 11.5 Å². The zero-order chi connectivity index (χ0) is 15.9. The summed E-state index contributed by atoms with van der Waals surface area (Å²) in [7, 11) is 0. The molecule has 0 bridgehead atoms. The predicted octanol–water partition coefficient (Wildman–Crippen LogP) is 5.25. The first-order valence-electron chi connectivity index (χ1n) is 7.37. The van der Waals surface area contributed by atoms with Gasteiger partial charge in [-0.3, -0.25) is 4.79 Å². The summed E-state index contributed by atoms with van der Waals surface area (Å²) in [6, 6.07) is 13.5. The first kappa shape index (κ1) is 16.4. The quantitative estimate of drug-likeness (QED) is 0.740. The summed E-state index contributed by atoms with van der Waals surface area (Å²) in [4.78, 5) is 12.3. The fraction of sp³-hybridized carbons (Fsp3) is 0.278. The van der Waals surface area contributed by atoms with Crippen molar-refractivity contribution in [2.75, 3.05) is 11.1 Å². The highest BCUT2D eigenvalue weighted by Gasteiger charge is 2.04. The van der Waals surface area contributed by atoms with E-state index < -0.39 is 0 Å². The van der Waals surface area contributed by atoms with Crippen LogP contribution in [0.2, 0.25) is 0 Å². The van der Waals surface area contributed by atoms with Crippen molar-refractivity contribution in [2.45, 2.75) is 32.1 Å². The van der Waals surface area contributed by atoms with Crippen LogP contribution in [0.25, 0.3) is 0 Å². The number of hydrogen-bond donors (Lipinski definition) is 1. The van der Waals surface area contributed by atoms with E-state index in [-0.39, 0.29) is 5.91 Å². The molecule has 4 heteroatoms. The average Bonchev–Trinajstić information content (AvgIpc) is 2.49. The number of nitrogens with one attached hydrogen (secondary N) is 1. The number of anilines is 1. The van der Waals surface area contributed by atoms with Gasteiger partial charge in [0.05, 0.1) is 0 Å². The number of carbonyl (C=O) groups excluding carboxylic acids is 1. The molecular formula is C18H21NO2S. The fourth-order valence-corrected chi connectivity index (χ4v) is 2.88. The molecular weight excluding hydrogens is 294 g/mol. The van der Waals surface area contributed by atoms with Crippen LogP contribution in [-0.2, 0) is 4.79 Å². The molecule has 2 rings (SSSR count). The molecule has 0 aliphatic rings. The number of amides is 1. The summed E-state index contributed by atoms with van der Waals surface area (Å²) in [5.41, 5.74) is 2.04. The zero-order valence-electron chi connectivity index (χ0n) is 13.2. The highest BCUT2D eigenvalue weighted by atomic mass is 32.2. The Morgan fingerprint density at radius 3 is 2.45 bits per heavy atom. The molecule has 0 unspecified atom stereocenters. The van der Waals surface area contributed by atoms with Gasteiger partial charge in [-0.05, 0) is 61.1 Å².